The molecule has 3 heterocycles. The van der Waals surface area contributed by atoms with E-state index in [0.29, 0.717) is 28.6 Å². The molecule has 345 valence electrons. The zero-order chi connectivity index (χ0) is 48.6. The molecule has 0 bridgehead atoms. The van der Waals surface area contributed by atoms with Crippen LogP contribution in [0.5, 0.6) is 0 Å². The average molecular weight is 935 g/mol. The van der Waals surface area contributed by atoms with Crippen molar-refractivity contribution in [1.29, 1.82) is 0 Å². The second kappa shape index (κ2) is 17.4. The van der Waals surface area contributed by atoms with Crippen LogP contribution in [0.4, 0.5) is 27.1 Å². The number of carbonyl (C=O) groups is 2. The van der Waals surface area contributed by atoms with E-state index >= 15 is 4.32 Å². The summed E-state index contributed by atoms with van der Waals surface area (Å²) in [5.41, 5.74) is 22.5. The number of hydrogen-bond donors (Lipinski definition) is 1. The summed E-state index contributed by atoms with van der Waals surface area (Å²) in [6.07, 6.45) is 3.90. The number of benzene rings is 8. The first kappa shape index (κ1) is 43.4. The number of anilines is 4. The van der Waals surface area contributed by atoms with Gasteiger partial charge in [0.15, 0.2) is 11.4 Å². The Labute approximate surface area is 419 Å². The van der Waals surface area contributed by atoms with Crippen LogP contribution in [0.15, 0.2) is 205 Å². The Hall–Kier alpha value is -8.62. The van der Waals surface area contributed by atoms with Crippen LogP contribution < -0.4 is 9.80 Å². The molecular weight excluding hydrogens is 887 g/mol. The Morgan fingerprint density at radius 3 is 1.92 bits per heavy atom. The van der Waals surface area contributed by atoms with E-state index in [-0.39, 0.29) is 11.8 Å². The van der Waals surface area contributed by atoms with Crippen molar-refractivity contribution in [2.45, 2.75) is 46.0 Å². The van der Waals surface area contributed by atoms with Crippen LogP contribution in [0.2, 0.25) is 0 Å². The summed E-state index contributed by atoms with van der Waals surface area (Å²) in [4.78, 5) is 36.3. The molecule has 0 atom stereocenters. The topological polar surface area (TPSA) is 59.4 Å². The Bertz CT molecular complexity index is 3750. The van der Waals surface area contributed by atoms with Crippen LogP contribution in [0.25, 0.3) is 38.7 Å². The van der Waals surface area contributed by atoms with Gasteiger partial charge < -0.3 is 9.88 Å². The molecule has 6 nitrogen and oxygen atoms in total. The maximum Gasteiger partial charge on any atom is 0.792 e. The third-order valence-corrected chi connectivity index (χ3v) is 15.4. The highest BCUT2D eigenvalue weighted by atomic mass is 19.1. The van der Waals surface area contributed by atoms with E-state index in [2.05, 4.69) is 115 Å². The molecule has 8 heteroatoms. The highest BCUT2D eigenvalue weighted by Crippen LogP contribution is 2.46. The van der Waals surface area contributed by atoms with Gasteiger partial charge in [-0.25, -0.2) is 13.7 Å². The summed E-state index contributed by atoms with van der Waals surface area (Å²) in [5.74, 6) is -0.681. The van der Waals surface area contributed by atoms with Crippen LogP contribution >= 0.6 is 0 Å². The first-order valence-electron chi connectivity index (χ1n) is 24.8. The Morgan fingerprint density at radius 1 is 0.625 bits per heavy atom. The van der Waals surface area contributed by atoms with E-state index in [1.807, 2.05) is 97.1 Å². The Balaban J connectivity index is 0.775. The van der Waals surface area contributed by atoms with Crippen LogP contribution in [0, 0.1) is 6.92 Å². The number of hydrogen-bond acceptors (Lipinski definition) is 3. The molecule has 2 aliphatic heterocycles. The number of halogens is 1. The van der Waals surface area contributed by atoms with Gasteiger partial charge in [-0.3, -0.25) is 9.59 Å². The molecule has 1 radical (unpaired) electrons. The van der Waals surface area contributed by atoms with Gasteiger partial charge in [-0.2, -0.15) is 0 Å². The number of nitrogens with zero attached hydrogens (tertiary/aromatic N) is 3. The summed E-state index contributed by atoms with van der Waals surface area (Å²) in [7, 11) is 0.746. The van der Waals surface area contributed by atoms with Crippen LogP contribution in [0.3, 0.4) is 0 Å². The Kier molecular flexibility index (Phi) is 10.5. The van der Waals surface area contributed by atoms with E-state index in [1.165, 1.54) is 38.3 Å². The fourth-order valence-electron chi connectivity index (χ4n) is 11.9. The molecule has 1 N–H and O–H groups in total. The van der Waals surface area contributed by atoms with Gasteiger partial charge in [0.1, 0.15) is 0 Å². The minimum absolute atomic E-state index is 0.340. The number of allylic oxidation sites excluding steroid dienone is 3. The van der Waals surface area contributed by atoms with Crippen molar-refractivity contribution in [2.75, 3.05) is 9.80 Å². The minimum Gasteiger partial charge on any atom is -0.354 e. The van der Waals surface area contributed by atoms with Gasteiger partial charge in [0.05, 0.1) is 11.4 Å². The van der Waals surface area contributed by atoms with Crippen molar-refractivity contribution in [3.05, 3.63) is 255 Å². The highest BCUT2D eigenvalue weighted by molar-refractivity contribution is 6.36. The summed E-state index contributed by atoms with van der Waals surface area (Å²) in [6, 6.07) is 63.4. The first-order chi connectivity index (χ1) is 35.4. The fraction of sp³-hybridized carbons (Fsp3) is 0.109. The van der Waals surface area contributed by atoms with Crippen molar-refractivity contribution in [3.63, 3.8) is 0 Å². The lowest BCUT2D eigenvalue weighted by Crippen LogP contribution is -2.40. The van der Waals surface area contributed by atoms with Gasteiger partial charge >= 0.3 is 7.69 Å². The predicted octanol–water partition coefficient (Wildman–Crippen LogP) is 14.6. The largest absolute Gasteiger partial charge is 0.792 e. The number of rotatable bonds is 11. The number of aromatic nitrogens is 1. The molecule has 0 unspecified atom stereocenters. The van der Waals surface area contributed by atoms with E-state index < -0.39 is 0 Å². The molecule has 72 heavy (non-hydrogen) atoms. The number of carbonyl (C=O) groups excluding carboxylic acids is 2. The van der Waals surface area contributed by atoms with E-state index in [1.54, 1.807) is 4.49 Å². The highest BCUT2D eigenvalue weighted by Gasteiger charge is 2.44. The molecule has 13 rings (SSSR count). The standard InChI is InChI=1S/C64H48BFN4O2/c1-39-56-37-43-16-9-11-22-50(43)60(56)67-59(39)55(61-40(2)57-38-44-17-10-12-23-51(44)62(57)70(61)65-66)26-13-15-41-27-31-48(32-28-41)69-63(71)53-25-14-24-52-49(35-36-54(58(52)53)64(69)72)42-29-33-47(34-30-42)68(45-18-5-3-6-19-45)46-20-7-4-8-21-46/h3-12,14,16-25,27-36,67H,13,15,26,37-38H2,1-2H3/q+1. The summed E-state index contributed by atoms with van der Waals surface area (Å²) < 4.78 is 17.2. The molecular formula is C64H48BFN4O2+. The number of amides is 2. The number of fused-ring (bicyclic) bond motifs is 6. The maximum absolute atomic E-state index is 15.4. The van der Waals surface area contributed by atoms with Crippen LogP contribution in [0.1, 0.15) is 79.6 Å². The third-order valence-electron chi connectivity index (χ3n) is 15.4. The smallest absolute Gasteiger partial charge is 0.354 e. The number of nitrogens with one attached hydrogen (secondary N) is 1. The molecule has 0 spiro atoms. The molecule has 0 fully saturated rings. The molecule has 0 saturated carbocycles. The lowest BCUT2D eigenvalue weighted by Gasteiger charge is -2.28. The van der Waals surface area contributed by atoms with Crippen LogP contribution in [-0.2, 0) is 19.3 Å². The molecule has 4 aliphatic rings. The molecule has 8 aromatic carbocycles. The van der Waals surface area contributed by atoms with Gasteiger partial charge in [-0.05, 0) is 144 Å². The number of aromatic amines is 1. The second-order valence-electron chi connectivity index (χ2n) is 19.3. The van der Waals surface area contributed by atoms with Crippen molar-refractivity contribution >= 4 is 64.3 Å². The second-order valence-corrected chi connectivity index (χ2v) is 19.3. The molecule has 1 aromatic heterocycles. The lowest BCUT2D eigenvalue weighted by atomic mass is 9.89. The summed E-state index contributed by atoms with van der Waals surface area (Å²) in [6.45, 7) is 4.35. The van der Waals surface area contributed by atoms with E-state index in [0.717, 1.165) is 112 Å². The van der Waals surface area contributed by atoms with Crippen molar-refractivity contribution < 1.29 is 18.4 Å². The minimum atomic E-state index is -0.340. The molecule has 0 saturated heterocycles. The first-order valence-corrected chi connectivity index (χ1v) is 24.8. The molecule has 9 aromatic rings. The number of para-hydroxylation sites is 2. The normalized spacial score (nSPS) is 15.0. The predicted molar refractivity (Wildman–Crippen MR) is 289 cm³/mol. The molecule has 2 aliphatic carbocycles. The van der Waals surface area contributed by atoms with Crippen molar-refractivity contribution in [1.82, 2.24) is 4.98 Å². The van der Waals surface area contributed by atoms with Gasteiger partial charge in [0.25, 0.3) is 11.8 Å². The van der Waals surface area contributed by atoms with Gasteiger partial charge in [0, 0.05) is 80.0 Å². The lowest BCUT2D eigenvalue weighted by molar-refractivity contribution is -0.319. The summed E-state index contributed by atoms with van der Waals surface area (Å²) in [5, 5.41) is 1.54. The zero-order valence-corrected chi connectivity index (χ0v) is 40.0. The number of H-pyrrole nitrogens is 1. The molecule has 2 amide bonds. The average Bonchev–Trinajstić information content (AvgIpc) is 4.16. The summed E-state index contributed by atoms with van der Waals surface area (Å²) >= 11 is 0. The maximum atomic E-state index is 15.4. The fourth-order valence-corrected chi connectivity index (χ4v) is 11.9. The third kappa shape index (κ3) is 6.88. The van der Waals surface area contributed by atoms with Crippen molar-refractivity contribution in [3.8, 4) is 22.4 Å². The number of imide groups is 1. The SMILES string of the molecule is CC1=C2Cc3ccccc3C2=[N+]([B]F)/C1=C(/CCCc1ccc(N2C(=O)c3cccc4c(-c5ccc(N(c6ccccc6)c6ccccc6)cc5)ccc(c34)C2=O)cc1)c1[nH]c2c(c1C)Cc1ccccc1-2. The van der Waals surface area contributed by atoms with Crippen molar-refractivity contribution in [2.24, 2.45) is 0 Å². The van der Waals surface area contributed by atoms with Crippen LogP contribution in [-0.4, -0.2) is 34.7 Å². The van der Waals surface area contributed by atoms with Gasteiger partial charge in [-0.1, -0.05) is 121 Å². The van der Waals surface area contributed by atoms with Gasteiger partial charge in [-0.15, -0.1) is 0 Å². The monoisotopic (exact) mass is 934 g/mol. The number of aryl methyl sites for hydroxylation is 1. The van der Waals surface area contributed by atoms with E-state index in [4.69, 9.17) is 0 Å². The van der Waals surface area contributed by atoms with Gasteiger partial charge in [0.2, 0.25) is 0 Å². The Morgan fingerprint density at radius 2 is 1.22 bits per heavy atom. The zero-order valence-electron chi connectivity index (χ0n) is 40.0. The van der Waals surface area contributed by atoms with E-state index in [9.17, 15) is 9.59 Å². The quantitative estimate of drug-likeness (QED) is 0.104.